The van der Waals surface area contributed by atoms with E-state index in [1.165, 1.54) is 6.07 Å². The lowest BCUT2D eigenvalue weighted by atomic mass is 9.95. The van der Waals surface area contributed by atoms with Gasteiger partial charge in [0.25, 0.3) is 5.91 Å². The van der Waals surface area contributed by atoms with Crippen molar-refractivity contribution in [2.24, 2.45) is 0 Å². The fourth-order valence-electron chi connectivity index (χ4n) is 3.40. The van der Waals surface area contributed by atoms with E-state index in [0.717, 1.165) is 29.5 Å². The Morgan fingerprint density at radius 2 is 2.00 bits per heavy atom. The van der Waals surface area contributed by atoms with Crippen LogP contribution in [0.5, 0.6) is 5.88 Å². The van der Waals surface area contributed by atoms with Gasteiger partial charge in [-0.3, -0.25) is 4.79 Å². The lowest BCUT2D eigenvalue weighted by Gasteiger charge is -2.12. The number of amides is 1. The van der Waals surface area contributed by atoms with Crippen molar-refractivity contribution in [1.29, 1.82) is 0 Å². The van der Waals surface area contributed by atoms with Gasteiger partial charge in [0.2, 0.25) is 5.88 Å². The molecule has 1 aliphatic heterocycles. The van der Waals surface area contributed by atoms with Gasteiger partial charge >= 0.3 is 0 Å². The minimum atomic E-state index is -0.504. The number of rotatable bonds is 5. The Kier molecular flexibility index (Phi) is 4.12. The van der Waals surface area contributed by atoms with E-state index in [1.54, 1.807) is 24.4 Å². The average Bonchev–Trinajstić information content (AvgIpc) is 3.44. The third-order valence-electron chi connectivity index (χ3n) is 5.02. The standard InChI is InChI=1S/C21H18FN5O2/c1-11-8-18(25-17-6-7-19(27-26-17)29-12-2-3-12)23-9-14(11)13-4-5-16(22)20-15(13)10-24-21(20)28/h4-9,12H,2-3,10H2,1H3,(H,24,28)(H,23,25,26). The zero-order chi connectivity index (χ0) is 20.0. The number of pyridine rings is 1. The molecule has 146 valence electrons. The summed E-state index contributed by atoms with van der Waals surface area (Å²) >= 11 is 0. The molecule has 0 unspecified atom stereocenters. The fraction of sp³-hybridized carbons (Fsp3) is 0.238. The number of carbonyl (C=O) groups is 1. The number of nitrogens with one attached hydrogen (secondary N) is 2. The summed E-state index contributed by atoms with van der Waals surface area (Å²) in [5.41, 5.74) is 3.38. The van der Waals surface area contributed by atoms with Gasteiger partial charge in [0.05, 0.1) is 5.56 Å². The Bertz CT molecular complexity index is 1110. The molecule has 29 heavy (non-hydrogen) atoms. The van der Waals surface area contributed by atoms with E-state index in [2.05, 4.69) is 25.8 Å². The average molecular weight is 391 g/mol. The molecule has 2 N–H and O–H groups in total. The number of aromatic nitrogens is 3. The van der Waals surface area contributed by atoms with Crippen molar-refractivity contribution in [3.63, 3.8) is 0 Å². The second-order valence-corrected chi connectivity index (χ2v) is 7.21. The van der Waals surface area contributed by atoms with Crippen LogP contribution in [0.2, 0.25) is 0 Å². The number of aryl methyl sites for hydroxylation is 1. The molecule has 3 aromatic rings. The zero-order valence-electron chi connectivity index (χ0n) is 15.7. The Morgan fingerprint density at radius 3 is 2.72 bits per heavy atom. The molecular weight excluding hydrogens is 373 g/mol. The van der Waals surface area contributed by atoms with Gasteiger partial charge < -0.3 is 15.4 Å². The number of carbonyl (C=O) groups excluding carboxylic acids is 1. The summed E-state index contributed by atoms with van der Waals surface area (Å²) in [7, 11) is 0. The summed E-state index contributed by atoms with van der Waals surface area (Å²) in [6.07, 6.45) is 4.13. The molecule has 0 saturated heterocycles. The van der Waals surface area contributed by atoms with Crippen molar-refractivity contribution >= 4 is 17.5 Å². The number of nitrogens with zero attached hydrogens (tertiary/aromatic N) is 3. The molecule has 1 fully saturated rings. The molecule has 8 heteroatoms. The number of fused-ring (bicyclic) bond motifs is 1. The van der Waals surface area contributed by atoms with Gasteiger partial charge in [-0.05, 0) is 54.7 Å². The first-order valence-electron chi connectivity index (χ1n) is 9.42. The Hall–Kier alpha value is -3.55. The van der Waals surface area contributed by atoms with Crippen molar-refractivity contribution in [2.75, 3.05) is 5.32 Å². The summed E-state index contributed by atoms with van der Waals surface area (Å²) in [6.45, 7) is 2.26. The number of hydrogen-bond acceptors (Lipinski definition) is 6. The Morgan fingerprint density at radius 1 is 1.14 bits per heavy atom. The van der Waals surface area contributed by atoms with E-state index in [1.807, 2.05) is 13.0 Å². The van der Waals surface area contributed by atoms with Crippen LogP contribution in [0.3, 0.4) is 0 Å². The number of halogens is 1. The smallest absolute Gasteiger partial charge is 0.254 e. The third-order valence-corrected chi connectivity index (χ3v) is 5.02. The number of hydrogen-bond donors (Lipinski definition) is 2. The summed E-state index contributed by atoms with van der Waals surface area (Å²) in [5, 5.41) is 14.0. The minimum absolute atomic E-state index is 0.118. The maximum Gasteiger partial charge on any atom is 0.254 e. The summed E-state index contributed by atoms with van der Waals surface area (Å²) < 4.78 is 19.6. The van der Waals surface area contributed by atoms with E-state index in [4.69, 9.17) is 4.74 Å². The molecule has 1 aliphatic carbocycles. The highest BCUT2D eigenvalue weighted by Crippen LogP contribution is 2.33. The maximum absolute atomic E-state index is 14.0. The predicted octanol–water partition coefficient (Wildman–Crippen LogP) is 3.51. The van der Waals surface area contributed by atoms with Crippen molar-refractivity contribution in [3.05, 3.63) is 59.0 Å². The van der Waals surface area contributed by atoms with E-state index in [9.17, 15) is 9.18 Å². The first-order chi connectivity index (χ1) is 14.1. The maximum atomic E-state index is 14.0. The third kappa shape index (κ3) is 3.37. The van der Waals surface area contributed by atoms with E-state index < -0.39 is 5.82 Å². The highest BCUT2D eigenvalue weighted by molar-refractivity contribution is 6.01. The molecule has 3 heterocycles. The minimum Gasteiger partial charge on any atom is -0.473 e. The monoisotopic (exact) mass is 391 g/mol. The van der Waals surface area contributed by atoms with Crippen LogP contribution in [-0.2, 0) is 6.54 Å². The Labute approximate surface area is 166 Å². The molecule has 0 spiro atoms. The molecule has 2 aliphatic rings. The van der Waals surface area contributed by atoms with Crippen LogP contribution in [0.15, 0.2) is 36.5 Å². The molecule has 2 aromatic heterocycles. The van der Waals surface area contributed by atoms with E-state index in [0.29, 0.717) is 29.6 Å². The van der Waals surface area contributed by atoms with Gasteiger partial charge in [0.1, 0.15) is 17.7 Å². The number of benzene rings is 1. The molecule has 0 bridgehead atoms. The number of anilines is 2. The molecule has 0 radical (unpaired) electrons. The molecule has 7 nitrogen and oxygen atoms in total. The molecular formula is C21H18FN5O2. The van der Waals surface area contributed by atoms with Crippen molar-refractivity contribution < 1.29 is 13.9 Å². The number of ether oxygens (including phenoxy) is 1. The lowest BCUT2D eigenvalue weighted by molar-refractivity contribution is 0.0962. The first-order valence-corrected chi connectivity index (χ1v) is 9.42. The highest BCUT2D eigenvalue weighted by Gasteiger charge is 2.27. The van der Waals surface area contributed by atoms with Crippen LogP contribution in [0, 0.1) is 12.7 Å². The van der Waals surface area contributed by atoms with Crippen molar-refractivity contribution in [3.8, 4) is 17.0 Å². The predicted molar refractivity (Wildman–Crippen MR) is 105 cm³/mol. The van der Waals surface area contributed by atoms with Gasteiger partial charge in [-0.2, -0.15) is 0 Å². The lowest BCUT2D eigenvalue weighted by Crippen LogP contribution is -2.13. The Balaban J connectivity index is 1.39. The van der Waals surface area contributed by atoms with Gasteiger partial charge in [0.15, 0.2) is 5.82 Å². The van der Waals surface area contributed by atoms with Crippen LogP contribution >= 0.6 is 0 Å². The summed E-state index contributed by atoms with van der Waals surface area (Å²) in [6, 6.07) is 8.47. The molecule has 1 aromatic carbocycles. The zero-order valence-corrected chi connectivity index (χ0v) is 15.7. The van der Waals surface area contributed by atoms with Gasteiger partial charge in [-0.25, -0.2) is 9.37 Å². The molecule has 1 saturated carbocycles. The van der Waals surface area contributed by atoms with Crippen molar-refractivity contribution in [1.82, 2.24) is 20.5 Å². The largest absolute Gasteiger partial charge is 0.473 e. The van der Waals surface area contributed by atoms with Crippen molar-refractivity contribution in [2.45, 2.75) is 32.4 Å². The second-order valence-electron chi connectivity index (χ2n) is 7.21. The molecule has 1 amide bonds. The van der Waals surface area contributed by atoms with Gasteiger partial charge in [-0.15, -0.1) is 10.2 Å². The van der Waals surface area contributed by atoms with Gasteiger partial charge in [-0.1, -0.05) is 6.07 Å². The fourth-order valence-corrected chi connectivity index (χ4v) is 3.40. The van der Waals surface area contributed by atoms with Gasteiger partial charge in [0, 0.05) is 24.4 Å². The molecule has 5 rings (SSSR count). The highest BCUT2D eigenvalue weighted by atomic mass is 19.1. The van der Waals surface area contributed by atoms with Crippen LogP contribution in [0.25, 0.3) is 11.1 Å². The van der Waals surface area contributed by atoms with Crippen LogP contribution < -0.4 is 15.4 Å². The normalized spacial score (nSPS) is 15.0. The quantitative estimate of drug-likeness (QED) is 0.692. The van der Waals surface area contributed by atoms with Crippen LogP contribution in [0.1, 0.15) is 34.3 Å². The second kappa shape index (κ2) is 6.80. The van der Waals surface area contributed by atoms with E-state index >= 15 is 0 Å². The van der Waals surface area contributed by atoms with Crippen LogP contribution in [0.4, 0.5) is 16.0 Å². The SMILES string of the molecule is Cc1cc(Nc2ccc(OC3CC3)nn2)ncc1-c1ccc(F)c2c1CNC2=O. The first kappa shape index (κ1) is 17.5. The summed E-state index contributed by atoms with van der Waals surface area (Å²) in [4.78, 5) is 16.3. The molecule has 0 atom stereocenters. The topological polar surface area (TPSA) is 89.0 Å². The van der Waals surface area contributed by atoms with Crippen LogP contribution in [-0.4, -0.2) is 27.2 Å². The summed E-state index contributed by atoms with van der Waals surface area (Å²) in [5.74, 6) is 0.812. The van der Waals surface area contributed by atoms with E-state index in [-0.39, 0.29) is 17.6 Å².